The fraction of sp³-hybridized carbons (Fsp3) is 0.333. The van der Waals surface area contributed by atoms with E-state index in [1.165, 1.54) is 0 Å². The Morgan fingerprint density at radius 3 is 2.74 bits per heavy atom. The van der Waals surface area contributed by atoms with Crippen LogP contribution in [0.15, 0.2) is 12.4 Å². The van der Waals surface area contributed by atoms with Crippen LogP contribution in [0.5, 0.6) is 0 Å². The predicted octanol–water partition coefficient (Wildman–Crippen LogP) is 1.07. The second-order valence-electron chi connectivity index (χ2n) is 4.31. The van der Waals surface area contributed by atoms with E-state index in [4.69, 9.17) is 18.0 Å². The number of anilines is 1. The molecule has 0 bridgehead atoms. The van der Waals surface area contributed by atoms with E-state index < -0.39 is 0 Å². The van der Waals surface area contributed by atoms with Gasteiger partial charge in [-0.25, -0.2) is 4.98 Å². The van der Waals surface area contributed by atoms with Crippen molar-refractivity contribution in [1.82, 2.24) is 19.7 Å². The molecule has 2 aromatic heterocycles. The van der Waals surface area contributed by atoms with Crippen molar-refractivity contribution in [3.8, 4) is 0 Å². The molecular formula is C12H16N6S. The lowest BCUT2D eigenvalue weighted by atomic mass is 10.1. The van der Waals surface area contributed by atoms with Gasteiger partial charge in [-0.3, -0.25) is 0 Å². The van der Waals surface area contributed by atoms with E-state index in [0.717, 1.165) is 22.6 Å². The van der Waals surface area contributed by atoms with Crippen molar-refractivity contribution in [1.29, 1.82) is 0 Å². The van der Waals surface area contributed by atoms with Crippen LogP contribution in [-0.2, 0) is 13.6 Å². The number of hydrogen-bond acceptors (Lipinski definition) is 5. The highest BCUT2D eigenvalue weighted by Gasteiger charge is 2.13. The summed E-state index contributed by atoms with van der Waals surface area (Å²) in [5, 5.41) is 11.4. The van der Waals surface area contributed by atoms with Gasteiger partial charge in [0, 0.05) is 19.4 Å². The average Bonchev–Trinajstić information content (AvgIpc) is 2.76. The van der Waals surface area contributed by atoms with Crippen LogP contribution in [0, 0.1) is 13.8 Å². The molecule has 0 aromatic carbocycles. The van der Waals surface area contributed by atoms with Crippen molar-refractivity contribution in [3.05, 3.63) is 35.0 Å². The zero-order valence-corrected chi connectivity index (χ0v) is 12.0. The van der Waals surface area contributed by atoms with Crippen LogP contribution in [0.1, 0.15) is 22.6 Å². The molecule has 0 amide bonds. The van der Waals surface area contributed by atoms with Crippen LogP contribution >= 0.6 is 12.2 Å². The second-order valence-corrected chi connectivity index (χ2v) is 4.75. The summed E-state index contributed by atoms with van der Waals surface area (Å²) in [5.74, 6) is 1.49. The van der Waals surface area contributed by atoms with E-state index in [-0.39, 0.29) is 0 Å². The molecule has 0 atom stereocenters. The molecule has 0 saturated heterocycles. The summed E-state index contributed by atoms with van der Waals surface area (Å²) in [7, 11) is 1.94. The number of aromatic nitrogens is 4. The zero-order chi connectivity index (χ0) is 14.0. The molecule has 0 aliphatic rings. The Hall–Kier alpha value is -2.02. The van der Waals surface area contributed by atoms with Gasteiger partial charge in [0.25, 0.3) is 0 Å². The minimum atomic E-state index is 0.317. The van der Waals surface area contributed by atoms with E-state index >= 15 is 0 Å². The summed E-state index contributed by atoms with van der Waals surface area (Å²) in [5.41, 5.74) is 8.29. The summed E-state index contributed by atoms with van der Waals surface area (Å²) >= 11 is 5.09. The number of rotatable bonds is 4. The predicted molar refractivity (Wildman–Crippen MR) is 77.9 cm³/mol. The quantitative estimate of drug-likeness (QED) is 0.813. The maximum absolute atomic E-state index is 5.77. The van der Waals surface area contributed by atoms with Crippen molar-refractivity contribution >= 4 is 23.0 Å². The van der Waals surface area contributed by atoms with Crippen molar-refractivity contribution in [2.75, 3.05) is 5.32 Å². The Labute approximate surface area is 117 Å². The number of imidazole rings is 1. The first-order valence-corrected chi connectivity index (χ1v) is 6.25. The lowest BCUT2D eigenvalue weighted by Crippen LogP contribution is -2.18. The minimum Gasteiger partial charge on any atom is -0.389 e. The lowest BCUT2D eigenvalue weighted by Gasteiger charge is -2.13. The van der Waals surface area contributed by atoms with Crippen molar-refractivity contribution in [3.63, 3.8) is 0 Å². The molecule has 0 spiro atoms. The Bertz CT molecular complexity index is 619. The molecule has 0 fully saturated rings. The van der Waals surface area contributed by atoms with E-state index in [1.807, 2.05) is 31.7 Å². The molecule has 0 aliphatic heterocycles. The second kappa shape index (κ2) is 5.31. The summed E-state index contributed by atoms with van der Waals surface area (Å²) < 4.78 is 1.93. The van der Waals surface area contributed by atoms with Gasteiger partial charge in [-0.05, 0) is 19.4 Å². The van der Waals surface area contributed by atoms with Gasteiger partial charge in [-0.1, -0.05) is 12.2 Å². The molecule has 2 aromatic rings. The molecule has 0 aliphatic carbocycles. The Morgan fingerprint density at radius 1 is 1.42 bits per heavy atom. The molecular weight excluding hydrogens is 260 g/mol. The molecule has 0 unspecified atom stereocenters. The fourth-order valence-electron chi connectivity index (χ4n) is 1.76. The number of nitrogens with one attached hydrogen (secondary N) is 1. The standard InChI is InChI=1S/C12H16N6S/c1-7-8(2)16-17-12(10(7)11(13)19)15-6-9-14-4-5-18(9)3/h4-5H,6H2,1-3H3,(H2,13,19)(H,15,17). The third kappa shape index (κ3) is 2.70. The van der Waals surface area contributed by atoms with E-state index in [9.17, 15) is 0 Å². The summed E-state index contributed by atoms with van der Waals surface area (Å²) in [4.78, 5) is 4.55. The highest BCUT2D eigenvalue weighted by atomic mass is 32.1. The van der Waals surface area contributed by atoms with Crippen molar-refractivity contribution < 1.29 is 0 Å². The van der Waals surface area contributed by atoms with Gasteiger partial charge in [0.05, 0.1) is 17.8 Å². The first kappa shape index (κ1) is 13.4. The van der Waals surface area contributed by atoms with Crippen LogP contribution < -0.4 is 11.1 Å². The fourth-order valence-corrected chi connectivity index (χ4v) is 2.01. The van der Waals surface area contributed by atoms with Crippen molar-refractivity contribution in [2.24, 2.45) is 12.8 Å². The van der Waals surface area contributed by atoms with Gasteiger partial charge >= 0.3 is 0 Å². The van der Waals surface area contributed by atoms with Crippen molar-refractivity contribution in [2.45, 2.75) is 20.4 Å². The summed E-state index contributed by atoms with van der Waals surface area (Å²) in [6.45, 7) is 4.35. The van der Waals surface area contributed by atoms with E-state index in [1.54, 1.807) is 6.20 Å². The van der Waals surface area contributed by atoms with Crippen LogP contribution in [0.4, 0.5) is 5.82 Å². The number of nitrogens with zero attached hydrogens (tertiary/aromatic N) is 4. The molecule has 0 radical (unpaired) electrons. The summed E-state index contributed by atoms with van der Waals surface area (Å²) in [6, 6.07) is 0. The normalized spacial score (nSPS) is 10.5. The van der Waals surface area contributed by atoms with Gasteiger partial charge in [0.1, 0.15) is 10.8 Å². The van der Waals surface area contributed by atoms with Crippen LogP contribution in [0.3, 0.4) is 0 Å². The lowest BCUT2D eigenvalue weighted by molar-refractivity contribution is 0.807. The van der Waals surface area contributed by atoms with Gasteiger partial charge in [-0.2, -0.15) is 5.10 Å². The molecule has 2 rings (SSSR count). The van der Waals surface area contributed by atoms with E-state index in [0.29, 0.717) is 17.4 Å². The molecule has 7 heteroatoms. The smallest absolute Gasteiger partial charge is 0.159 e. The zero-order valence-electron chi connectivity index (χ0n) is 11.1. The first-order chi connectivity index (χ1) is 9.00. The minimum absolute atomic E-state index is 0.317. The molecule has 100 valence electrons. The SMILES string of the molecule is Cc1nnc(NCc2nccn2C)c(C(N)=S)c1C. The van der Waals surface area contributed by atoms with Gasteiger partial charge in [-0.15, -0.1) is 5.10 Å². The Balaban J connectivity index is 2.28. The third-order valence-electron chi connectivity index (χ3n) is 3.04. The maximum atomic E-state index is 5.77. The van der Waals surface area contributed by atoms with Crippen LogP contribution in [0.25, 0.3) is 0 Å². The topological polar surface area (TPSA) is 81.7 Å². The number of aryl methyl sites for hydroxylation is 2. The summed E-state index contributed by atoms with van der Waals surface area (Å²) in [6.07, 6.45) is 3.63. The highest BCUT2D eigenvalue weighted by Crippen LogP contribution is 2.18. The molecule has 6 nitrogen and oxygen atoms in total. The molecule has 19 heavy (non-hydrogen) atoms. The molecule has 2 heterocycles. The van der Waals surface area contributed by atoms with E-state index in [2.05, 4.69) is 20.5 Å². The van der Waals surface area contributed by atoms with Crippen LogP contribution in [0.2, 0.25) is 0 Å². The van der Waals surface area contributed by atoms with Crippen LogP contribution in [-0.4, -0.2) is 24.7 Å². The van der Waals surface area contributed by atoms with Gasteiger partial charge < -0.3 is 15.6 Å². The highest BCUT2D eigenvalue weighted by molar-refractivity contribution is 7.80. The monoisotopic (exact) mass is 276 g/mol. The Kier molecular flexibility index (Phi) is 3.75. The van der Waals surface area contributed by atoms with Gasteiger partial charge in [0.2, 0.25) is 0 Å². The number of hydrogen-bond donors (Lipinski definition) is 2. The molecule has 0 saturated carbocycles. The average molecular weight is 276 g/mol. The van der Waals surface area contributed by atoms with Gasteiger partial charge in [0.15, 0.2) is 5.82 Å². The largest absolute Gasteiger partial charge is 0.389 e. The Morgan fingerprint density at radius 2 is 2.16 bits per heavy atom. The first-order valence-electron chi connectivity index (χ1n) is 5.84. The number of thiocarbonyl (C=S) groups is 1. The third-order valence-corrected chi connectivity index (χ3v) is 3.24. The number of nitrogens with two attached hydrogens (primary N) is 1. The maximum Gasteiger partial charge on any atom is 0.159 e. The molecule has 3 N–H and O–H groups in total.